The summed E-state index contributed by atoms with van der Waals surface area (Å²) in [5, 5.41) is 2.60. The van der Waals surface area contributed by atoms with Crippen LogP contribution in [-0.2, 0) is 16.2 Å². The minimum Gasteiger partial charge on any atom is -0.352 e. The Bertz CT molecular complexity index is 896. The summed E-state index contributed by atoms with van der Waals surface area (Å²) >= 11 is 0. The van der Waals surface area contributed by atoms with Gasteiger partial charge in [0.25, 0.3) is 15.9 Å². The van der Waals surface area contributed by atoms with Crippen molar-refractivity contribution in [3.05, 3.63) is 59.7 Å². The molecule has 5 nitrogen and oxygen atoms in total. The zero-order valence-corrected chi connectivity index (χ0v) is 14.6. The van der Waals surface area contributed by atoms with E-state index in [0.717, 1.165) is 18.2 Å². The number of para-hydroxylation sites is 1. The summed E-state index contributed by atoms with van der Waals surface area (Å²) in [5.74, 6) is -0.459. The number of amides is 1. The summed E-state index contributed by atoms with van der Waals surface area (Å²) in [7, 11) is -4.30. The van der Waals surface area contributed by atoms with E-state index in [4.69, 9.17) is 0 Å². The van der Waals surface area contributed by atoms with Crippen molar-refractivity contribution >= 4 is 21.6 Å². The SMILES string of the molecule is CCCNC(=O)c1cccc(S(=O)(=O)Nc2ccccc2C(F)(F)F)c1. The number of hydrogen-bond acceptors (Lipinski definition) is 3. The molecule has 0 radical (unpaired) electrons. The molecular weight excluding hydrogens is 369 g/mol. The molecule has 2 aromatic rings. The number of anilines is 1. The lowest BCUT2D eigenvalue weighted by atomic mass is 10.2. The van der Waals surface area contributed by atoms with Crippen molar-refractivity contribution in [3.63, 3.8) is 0 Å². The lowest BCUT2D eigenvalue weighted by molar-refractivity contribution is -0.136. The van der Waals surface area contributed by atoms with Crippen molar-refractivity contribution in [1.29, 1.82) is 0 Å². The minimum absolute atomic E-state index is 0.102. The number of alkyl halides is 3. The number of carbonyl (C=O) groups is 1. The maximum atomic E-state index is 13.0. The van der Waals surface area contributed by atoms with E-state index in [1.54, 1.807) is 0 Å². The second-order valence-electron chi connectivity index (χ2n) is 5.43. The van der Waals surface area contributed by atoms with Gasteiger partial charge in [0.2, 0.25) is 0 Å². The quantitative estimate of drug-likeness (QED) is 0.796. The molecule has 2 rings (SSSR count). The fourth-order valence-electron chi connectivity index (χ4n) is 2.17. The highest BCUT2D eigenvalue weighted by Crippen LogP contribution is 2.35. The van der Waals surface area contributed by atoms with Gasteiger partial charge in [-0.05, 0) is 36.8 Å². The van der Waals surface area contributed by atoms with E-state index in [-0.39, 0.29) is 10.5 Å². The number of hydrogen-bond donors (Lipinski definition) is 2. The van der Waals surface area contributed by atoms with Crippen LogP contribution in [0.2, 0.25) is 0 Å². The van der Waals surface area contributed by atoms with E-state index in [9.17, 15) is 26.4 Å². The largest absolute Gasteiger partial charge is 0.418 e. The van der Waals surface area contributed by atoms with Gasteiger partial charge in [-0.2, -0.15) is 13.2 Å². The smallest absolute Gasteiger partial charge is 0.352 e. The third-order valence-corrected chi connectivity index (χ3v) is 4.78. The van der Waals surface area contributed by atoms with Gasteiger partial charge in [-0.25, -0.2) is 8.42 Å². The van der Waals surface area contributed by atoms with Crippen molar-refractivity contribution in [2.75, 3.05) is 11.3 Å². The van der Waals surface area contributed by atoms with Gasteiger partial charge in [0, 0.05) is 12.1 Å². The molecule has 2 N–H and O–H groups in total. The normalized spacial score (nSPS) is 11.8. The van der Waals surface area contributed by atoms with Gasteiger partial charge in [0.15, 0.2) is 0 Å². The van der Waals surface area contributed by atoms with Gasteiger partial charge >= 0.3 is 6.18 Å². The highest BCUT2D eigenvalue weighted by atomic mass is 32.2. The van der Waals surface area contributed by atoms with Crippen LogP contribution < -0.4 is 10.0 Å². The molecule has 1 amide bonds. The maximum absolute atomic E-state index is 13.0. The maximum Gasteiger partial charge on any atom is 0.418 e. The van der Waals surface area contributed by atoms with E-state index >= 15 is 0 Å². The standard InChI is InChI=1S/C17H17F3N2O3S/c1-2-10-21-16(23)12-6-5-7-13(11-12)26(24,25)22-15-9-4-3-8-14(15)17(18,19)20/h3-9,11,22H,2,10H2,1H3,(H,21,23). The Morgan fingerprint density at radius 2 is 1.77 bits per heavy atom. The van der Waals surface area contributed by atoms with Gasteiger partial charge in [-0.15, -0.1) is 0 Å². The summed E-state index contributed by atoms with van der Waals surface area (Å²) in [6.45, 7) is 2.29. The van der Waals surface area contributed by atoms with Crippen LogP contribution in [0.15, 0.2) is 53.4 Å². The Hall–Kier alpha value is -2.55. The number of carbonyl (C=O) groups excluding carboxylic acids is 1. The third-order valence-electron chi connectivity index (χ3n) is 3.42. The van der Waals surface area contributed by atoms with Crippen LogP contribution in [0.4, 0.5) is 18.9 Å². The molecule has 0 bridgehead atoms. The first kappa shape index (κ1) is 19.8. The zero-order valence-electron chi connectivity index (χ0n) is 13.8. The third kappa shape index (κ3) is 4.75. The van der Waals surface area contributed by atoms with E-state index < -0.39 is 33.4 Å². The lowest BCUT2D eigenvalue weighted by Gasteiger charge is -2.15. The van der Waals surface area contributed by atoms with E-state index in [0.29, 0.717) is 13.0 Å². The molecule has 0 aliphatic rings. The van der Waals surface area contributed by atoms with E-state index in [1.165, 1.54) is 30.3 Å². The average Bonchev–Trinajstić information content (AvgIpc) is 2.59. The lowest BCUT2D eigenvalue weighted by Crippen LogP contribution is -2.24. The summed E-state index contributed by atoms with van der Waals surface area (Å²) in [4.78, 5) is 11.6. The summed E-state index contributed by atoms with van der Waals surface area (Å²) < 4.78 is 65.9. The van der Waals surface area contributed by atoms with Crippen molar-refractivity contribution in [1.82, 2.24) is 5.32 Å². The van der Waals surface area contributed by atoms with Crippen molar-refractivity contribution < 1.29 is 26.4 Å². The number of rotatable bonds is 6. The molecule has 26 heavy (non-hydrogen) atoms. The van der Waals surface area contributed by atoms with E-state index in [2.05, 4.69) is 5.32 Å². The zero-order chi connectivity index (χ0) is 19.4. The first-order chi connectivity index (χ1) is 12.1. The minimum atomic E-state index is -4.71. The summed E-state index contributed by atoms with van der Waals surface area (Å²) in [6, 6.07) is 9.36. The molecular formula is C17H17F3N2O3S. The fourth-order valence-corrected chi connectivity index (χ4v) is 3.29. The molecule has 0 atom stereocenters. The molecule has 0 fully saturated rings. The first-order valence-corrected chi connectivity index (χ1v) is 9.21. The van der Waals surface area contributed by atoms with Gasteiger partial charge < -0.3 is 5.32 Å². The Kier molecular flexibility index (Phi) is 5.91. The van der Waals surface area contributed by atoms with Crippen LogP contribution in [0.3, 0.4) is 0 Å². The molecule has 140 valence electrons. The number of sulfonamides is 1. The second-order valence-corrected chi connectivity index (χ2v) is 7.11. The molecule has 0 aliphatic carbocycles. The van der Waals surface area contributed by atoms with Crippen LogP contribution in [-0.4, -0.2) is 20.9 Å². The Morgan fingerprint density at radius 1 is 1.08 bits per heavy atom. The fraction of sp³-hybridized carbons (Fsp3) is 0.235. The highest BCUT2D eigenvalue weighted by Gasteiger charge is 2.34. The van der Waals surface area contributed by atoms with Crippen LogP contribution in [0.25, 0.3) is 0 Å². The van der Waals surface area contributed by atoms with Gasteiger partial charge in [0.05, 0.1) is 16.1 Å². The molecule has 2 aromatic carbocycles. The van der Waals surface area contributed by atoms with Crippen LogP contribution >= 0.6 is 0 Å². The van der Waals surface area contributed by atoms with Crippen molar-refractivity contribution in [2.24, 2.45) is 0 Å². The first-order valence-electron chi connectivity index (χ1n) is 7.72. The molecule has 9 heteroatoms. The number of nitrogens with one attached hydrogen (secondary N) is 2. The van der Waals surface area contributed by atoms with Gasteiger partial charge in [-0.3, -0.25) is 9.52 Å². The molecule has 0 saturated heterocycles. The van der Waals surface area contributed by atoms with Crippen LogP contribution in [0.5, 0.6) is 0 Å². The predicted octanol–water partition coefficient (Wildman–Crippen LogP) is 3.65. The average molecular weight is 386 g/mol. The highest BCUT2D eigenvalue weighted by molar-refractivity contribution is 7.92. The Labute approximate surface area is 149 Å². The van der Waals surface area contributed by atoms with Gasteiger partial charge in [0.1, 0.15) is 0 Å². The Balaban J connectivity index is 2.34. The summed E-state index contributed by atoms with van der Waals surface area (Å²) in [6.07, 6.45) is -4.00. The number of halogens is 3. The Morgan fingerprint density at radius 3 is 2.42 bits per heavy atom. The predicted molar refractivity (Wildman–Crippen MR) is 91.3 cm³/mol. The molecule has 0 aromatic heterocycles. The summed E-state index contributed by atoms with van der Waals surface area (Å²) in [5.41, 5.74) is -1.58. The van der Waals surface area contributed by atoms with Crippen LogP contribution in [0.1, 0.15) is 29.3 Å². The monoisotopic (exact) mass is 386 g/mol. The van der Waals surface area contributed by atoms with Gasteiger partial charge in [-0.1, -0.05) is 25.1 Å². The van der Waals surface area contributed by atoms with E-state index in [1.807, 2.05) is 11.6 Å². The topological polar surface area (TPSA) is 75.3 Å². The molecule has 0 heterocycles. The molecule has 0 unspecified atom stereocenters. The number of benzene rings is 2. The van der Waals surface area contributed by atoms with Crippen LogP contribution in [0, 0.1) is 0 Å². The second kappa shape index (κ2) is 7.77. The molecule has 0 aliphatic heterocycles. The molecule has 0 saturated carbocycles. The van der Waals surface area contributed by atoms with Crippen molar-refractivity contribution in [2.45, 2.75) is 24.4 Å². The molecule has 0 spiro atoms. The van der Waals surface area contributed by atoms with Crippen molar-refractivity contribution in [3.8, 4) is 0 Å².